The molecule has 24 nitrogen and oxygen atoms in total. The minimum Gasteiger partial charge on any atom is -0.358 e. The normalized spacial score (nSPS) is 10.5. The number of hydrogen-bond acceptors (Lipinski definition) is 18. The Bertz CT molecular complexity index is 5340. The standard InChI is InChI=1S/C13H12FNO2.2C12H10F3NO2.C12H10FNO3.C11H9BrFN3O2.C11H9BrFNO2.C7H4BrFO.C2H6.CHN.CO.CH5P.CH4.CH3.K/c1-3-8-5-9(14)6-11-10(8)7-12(15-11)13(16)17-4-2;2*1-2-18-12(17)10-5-7-8(11(14)15)3-6(13)4-9(7)16-10;1-2-17-12(16)11-5-9-7(6-15)3-8(13)4-10(9)14-11;1-2-18-11(17)10(15-16-14)5-7-3-4-8(13)6-9(7)12;1-2-16-11(15)10-5-7-8(12)3-6(13)4-9(7)14-10;8-7-3-6(9)2-1-5(7)4-10;4*1-2;;;/h3,5-7,15H,1,4H2,2H3;2*3-4,11H,2,5H2,1H3;3-6,14H,2H2,1H3;3-6H,2H2,1H3;3-5,14H,2H2,1H3;1-4H;1-2H3;1H;;2H2,1H3;1H4;1H3;/q;;;;;;;;;;;;-1;+1/b;;;;10-5-;;;;;;;;;. The largest absolute Gasteiger partial charge is 1.00 e. The van der Waals surface area contributed by atoms with E-state index in [9.17, 15) is 86.7 Å². The number of alkyl halides is 4. The van der Waals surface area contributed by atoms with Gasteiger partial charge in [-0.2, -0.15) is 0 Å². The number of carbonyl (C=O) groups excluding carboxylic acids is 8. The second-order valence-corrected chi connectivity index (χ2v) is 25.2. The van der Waals surface area contributed by atoms with E-state index in [4.69, 9.17) is 43.9 Å². The number of azide groups is 1. The summed E-state index contributed by atoms with van der Waals surface area (Å²) in [6.45, 7) is 29.0. The van der Waals surface area contributed by atoms with Gasteiger partial charge in [-0.05, 0) is 216 Å². The molecule has 2 aliphatic heterocycles. The van der Waals surface area contributed by atoms with Crippen LogP contribution in [0.4, 0.5) is 59.7 Å². The Labute approximate surface area is 781 Å². The smallest absolute Gasteiger partial charge is 0.358 e. The van der Waals surface area contributed by atoms with E-state index < -0.39 is 83.1 Å². The number of carbonyl (C=O) groups is 8. The van der Waals surface area contributed by atoms with Crippen molar-refractivity contribution in [1.29, 1.82) is 5.26 Å². The maximum absolute atomic E-state index is 13.3. The summed E-state index contributed by atoms with van der Waals surface area (Å²) in [6.07, 6.45) is -1.60. The number of ether oxygens (including phenoxy) is 6. The molecule has 0 radical (unpaired) electrons. The van der Waals surface area contributed by atoms with Crippen LogP contribution in [0.5, 0.6) is 0 Å². The van der Waals surface area contributed by atoms with Crippen LogP contribution in [0.1, 0.15) is 161 Å². The number of rotatable bonds is 19. The van der Waals surface area contributed by atoms with Gasteiger partial charge in [-0.1, -0.05) is 67.7 Å². The first-order valence-corrected chi connectivity index (χ1v) is 39.1. The number of aliphatic imine (C=N–C) groups is 2. The van der Waals surface area contributed by atoms with Gasteiger partial charge in [-0.25, -0.2) is 92.3 Å². The number of H-pyrrole nitrogens is 3. The molecule has 40 heteroatoms. The summed E-state index contributed by atoms with van der Waals surface area (Å²) >= 11 is 9.42. The van der Waals surface area contributed by atoms with E-state index in [1.165, 1.54) is 78.9 Å². The van der Waals surface area contributed by atoms with E-state index in [0.717, 1.165) is 41.1 Å². The van der Waals surface area contributed by atoms with Crippen LogP contribution in [-0.2, 0) is 60.3 Å². The van der Waals surface area contributed by atoms with Gasteiger partial charge in [0.2, 0.25) is 0 Å². The van der Waals surface area contributed by atoms with Crippen LogP contribution in [0.3, 0.4) is 0 Å². The number of nitriles is 1. The Kier molecular flexibility index (Phi) is 56.7. The minimum absolute atomic E-state index is 0. The van der Waals surface area contributed by atoms with Crippen LogP contribution < -0.4 is 51.4 Å². The molecule has 0 spiro atoms. The van der Waals surface area contributed by atoms with E-state index in [1.54, 1.807) is 59.8 Å². The Balaban J connectivity index is 0. The number of aromatic nitrogens is 3. The first-order valence-electron chi connectivity index (χ1n) is 35.5. The second kappa shape index (κ2) is 60.9. The molecule has 0 amide bonds. The van der Waals surface area contributed by atoms with Crippen LogP contribution >= 0.6 is 57.0 Å². The van der Waals surface area contributed by atoms with Crippen molar-refractivity contribution < 1.29 is 171 Å². The first kappa shape index (κ1) is 116. The quantitative estimate of drug-likeness (QED) is 0.00550. The zero-order chi connectivity index (χ0) is 92.2. The number of esters is 6. The molecule has 0 saturated heterocycles. The van der Waals surface area contributed by atoms with Gasteiger partial charge in [0, 0.05) is 87.2 Å². The van der Waals surface area contributed by atoms with E-state index in [0.29, 0.717) is 89.2 Å². The average molecular weight is 1990 g/mol. The van der Waals surface area contributed by atoms with Gasteiger partial charge in [0.25, 0.3) is 12.9 Å². The summed E-state index contributed by atoms with van der Waals surface area (Å²) in [4.78, 5) is 108. The summed E-state index contributed by atoms with van der Waals surface area (Å²) in [5, 5.41) is 11.8. The number of fused-ring (bicyclic) bond motifs is 5. The van der Waals surface area contributed by atoms with Gasteiger partial charge in [-0.3, -0.25) is 9.59 Å². The summed E-state index contributed by atoms with van der Waals surface area (Å²) in [7, 11) is 2.42. The van der Waals surface area contributed by atoms with Gasteiger partial charge >= 0.3 is 98.5 Å². The molecular formula is C85H83Br3F11KN9O15P. The Hall–Kier alpha value is -10.6. The molecule has 12 rings (SSSR count). The number of halogens is 14. The molecule has 1 unspecified atom stereocenters. The molecular weight excluding hydrogens is 1910 g/mol. The topological polar surface area (TPSA) is 356 Å². The predicted molar refractivity (Wildman–Crippen MR) is 461 cm³/mol. The van der Waals surface area contributed by atoms with Crippen molar-refractivity contribution in [2.75, 3.05) is 46.3 Å². The van der Waals surface area contributed by atoms with Crippen LogP contribution in [-0.4, -0.2) is 121 Å². The molecule has 3 N–H and O–H groups in total. The third kappa shape index (κ3) is 35.8. The maximum atomic E-state index is 13.3. The molecule has 0 fully saturated rings. The number of nitrogens with zero attached hydrogens (tertiary/aromatic N) is 6. The third-order valence-electron chi connectivity index (χ3n) is 15.1. The van der Waals surface area contributed by atoms with Crippen molar-refractivity contribution in [1.82, 2.24) is 15.0 Å². The number of aromatic amines is 3. The van der Waals surface area contributed by atoms with Crippen molar-refractivity contribution in [3.63, 3.8) is 0 Å². The minimum atomic E-state index is -2.80. The second-order valence-electron chi connectivity index (χ2n) is 22.7. The summed E-state index contributed by atoms with van der Waals surface area (Å²) in [6, 6.07) is 24.0. The molecule has 5 heterocycles. The summed E-state index contributed by atoms with van der Waals surface area (Å²) < 4.78 is 180. The van der Waals surface area contributed by atoms with E-state index in [2.05, 4.69) is 112 Å². The molecule has 1 atom stereocenters. The van der Waals surface area contributed by atoms with E-state index in [1.807, 2.05) is 20.5 Å². The monoisotopic (exact) mass is 1990 g/mol. The number of nitrogens with one attached hydrogen (secondary N) is 3. The zero-order valence-corrected chi connectivity index (χ0v) is 77.1. The molecule has 3 aromatic heterocycles. The van der Waals surface area contributed by atoms with Crippen molar-refractivity contribution >= 4 is 173 Å². The number of hydrogen-bond donors (Lipinski definition) is 3. The molecule has 10 aromatic rings. The SMILES string of the molecule is C.C#N.C=Cc1cc(F)cc2[nH]c(C(=O)OCC)cc12.CC.CCOC(=O)/C(=C/c1ccc(F)cc1Br)N=[N+]=[N-].CCOC(=O)C1=Nc2cc(F)cc(C(F)F)c2C1.CCOC(=O)C1=Nc2cc(F)cc(C(F)F)c2C1.CCOC(=O)c1cc2c(Br)cc(F)cc2[nH]1.CCOC(=O)c1cc2c(C=O)cc(F)cc2[nH]1.CP.O=Cc1ccc(F)cc1Br.[C-]#[O+].[CH3-].[K+]. The number of aldehydes is 2. The third-order valence-corrected chi connectivity index (χ3v) is 17.1. The first-order chi connectivity index (χ1) is 58.3. The van der Waals surface area contributed by atoms with Crippen LogP contribution in [0.25, 0.3) is 55.3 Å². The molecule has 7 aromatic carbocycles. The molecule has 0 aliphatic carbocycles. The Morgan fingerprint density at radius 1 is 0.512 bits per heavy atom. The van der Waals surface area contributed by atoms with Gasteiger partial charge in [0.15, 0.2) is 12.6 Å². The molecule has 0 saturated carbocycles. The van der Waals surface area contributed by atoms with Crippen LogP contribution in [0, 0.1) is 66.6 Å². The molecule has 662 valence electrons. The van der Waals surface area contributed by atoms with Gasteiger partial charge < -0.3 is 50.8 Å². The van der Waals surface area contributed by atoms with Crippen LogP contribution in [0.2, 0.25) is 0 Å². The van der Waals surface area contributed by atoms with Gasteiger partial charge in [0.1, 0.15) is 74.9 Å². The summed E-state index contributed by atoms with van der Waals surface area (Å²) in [5.41, 5.74) is 12.1. The van der Waals surface area contributed by atoms with Crippen molar-refractivity contribution in [2.24, 2.45) is 15.1 Å². The van der Waals surface area contributed by atoms with Crippen LogP contribution in [0.15, 0.2) is 156 Å². The van der Waals surface area contributed by atoms with Crippen molar-refractivity contribution in [3.05, 3.63) is 268 Å². The fourth-order valence-electron chi connectivity index (χ4n) is 10.2. The van der Waals surface area contributed by atoms with E-state index in [-0.39, 0.29) is 174 Å². The maximum Gasteiger partial charge on any atom is 1.00 e. The fourth-order valence-corrected chi connectivity index (χ4v) is 11.7. The van der Waals surface area contributed by atoms with E-state index >= 15 is 0 Å². The number of benzene rings is 7. The van der Waals surface area contributed by atoms with Gasteiger partial charge in [-0.15, -0.1) is 9.24 Å². The molecule has 125 heavy (non-hydrogen) atoms. The fraction of sp³-hybridized carbons (Fsp3) is 0.235. The average Bonchev–Trinajstić information content (AvgIpc) is 1.66. The Morgan fingerprint density at radius 2 is 0.832 bits per heavy atom. The predicted octanol–water partition coefficient (Wildman–Crippen LogP) is 20.5. The zero-order valence-electron chi connectivity index (χ0n) is 68.1. The molecule has 0 bridgehead atoms. The van der Waals surface area contributed by atoms with Crippen molar-refractivity contribution in [2.45, 2.75) is 88.5 Å². The van der Waals surface area contributed by atoms with Crippen molar-refractivity contribution in [3.8, 4) is 6.57 Å². The van der Waals surface area contributed by atoms with Gasteiger partial charge in [0.05, 0.1) is 56.5 Å². The Morgan fingerprint density at radius 3 is 1.18 bits per heavy atom. The summed E-state index contributed by atoms with van der Waals surface area (Å²) in [5.74, 6) is -7.08. The molecule has 2 aliphatic rings.